The molecule has 0 bridgehead atoms. The molecule has 0 aromatic carbocycles. The normalized spacial score (nSPS) is 10.4. The van der Waals surface area contributed by atoms with E-state index in [9.17, 15) is 13.2 Å². The average Bonchev–Trinajstić information content (AvgIpc) is 1.62. The van der Waals surface area contributed by atoms with E-state index in [1.807, 2.05) is 0 Å². The molecule has 4 N–H and O–H groups in total. The van der Waals surface area contributed by atoms with Gasteiger partial charge in [-0.05, 0) is 0 Å². The number of hydrogen-bond acceptors (Lipinski definition) is 5. The standard InChI is InChI=1S/CH4N2O5S/c2-3-1(4)8-9(5,6)7/h2H2,(H,3,4)(H,5,6,7). The van der Waals surface area contributed by atoms with Gasteiger partial charge in [-0.2, -0.15) is 8.42 Å². The Balaban J connectivity index is 3.91. The van der Waals surface area contributed by atoms with E-state index in [4.69, 9.17) is 4.55 Å². The molecule has 0 aromatic heterocycles. The van der Waals surface area contributed by atoms with E-state index < -0.39 is 16.5 Å². The fourth-order valence-electron chi connectivity index (χ4n) is 0.120. The van der Waals surface area contributed by atoms with Gasteiger partial charge in [-0.3, -0.25) is 9.98 Å². The molecule has 0 aliphatic carbocycles. The van der Waals surface area contributed by atoms with Gasteiger partial charge in [0.05, 0.1) is 0 Å². The monoisotopic (exact) mass is 156 g/mol. The first-order valence-electron chi connectivity index (χ1n) is 1.63. The van der Waals surface area contributed by atoms with Gasteiger partial charge in [0, 0.05) is 0 Å². The maximum absolute atomic E-state index is 9.83. The Morgan fingerprint density at radius 2 is 2.11 bits per heavy atom. The second-order valence-corrected chi connectivity index (χ2v) is 1.96. The predicted molar refractivity (Wildman–Crippen MR) is 25.4 cm³/mol. The molecule has 0 aliphatic heterocycles. The van der Waals surface area contributed by atoms with E-state index in [0.717, 1.165) is 0 Å². The molecule has 0 aromatic rings. The molecule has 0 heterocycles. The molecule has 0 aliphatic rings. The Bertz CT molecular complexity index is 193. The van der Waals surface area contributed by atoms with E-state index in [2.05, 4.69) is 10.0 Å². The molecular weight excluding hydrogens is 152 g/mol. The maximum Gasteiger partial charge on any atom is 0.450 e. The third-order valence-corrected chi connectivity index (χ3v) is 0.661. The quantitative estimate of drug-likeness (QED) is 0.182. The SMILES string of the molecule is NNC(=O)OS(=O)(=O)O. The third kappa shape index (κ3) is 5.00. The third-order valence-electron chi connectivity index (χ3n) is 0.299. The molecule has 0 fully saturated rings. The lowest BCUT2D eigenvalue weighted by Gasteiger charge is -1.95. The summed E-state index contributed by atoms with van der Waals surface area (Å²) in [5, 5.41) is 0. The van der Waals surface area contributed by atoms with Crippen molar-refractivity contribution in [1.82, 2.24) is 5.43 Å². The van der Waals surface area contributed by atoms with Crippen LogP contribution in [0, 0.1) is 0 Å². The van der Waals surface area contributed by atoms with Gasteiger partial charge in [0.1, 0.15) is 0 Å². The molecular formula is CH4N2O5S. The van der Waals surface area contributed by atoms with Crippen molar-refractivity contribution in [2.24, 2.45) is 5.84 Å². The predicted octanol–water partition coefficient (Wildman–Crippen LogP) is -1.61. The summed E-state index contributed by atoms with van der Waals surface area (Å²) in [4.78, 5) is 9.83. The molecule has 9 heavy (non-hydrogen) atoms. The van der Waals surface area contributed by atoms with Crippen LogP contribution in [0.1, 0.15) is 0 Å². The first kappa shape index (κ1) is 8.14. The lowest BCUT2D eigenvalue weighted by Crippen LogP contribution is -2.32. The van der Waals surface area contributed by atoms with Gasteiger partial charge in [-0.15, -0.1) is 0 Å². The molecule has 8 heteroatoms. The summed E-state index contributed by atoms with van der Waals surface area (Å²) in [5.74, 6) is 4.38. The van der Waals surface area contributed by atoms with Crippen LogP contribution in [-0.2, 0) is 14.6 Å². The van der Waals surface area contributed by atoms with Crippen molar-refractivity contribution in [3.05, 3.63) is 0 Å². The van der Waals surface area contributed by atoms with Gasteiger partial charge in [0.15, 0.2) is 0 Å². The Morgan fingerprint density at radius 1 is 1.67 bits per heavy atom. The minimum absolute atomic E-state index is 1.32. The molecule has 0 unspecified atom stereocenters. The van der Waals surface area contributed by atoms with Crippen molar-refractivity contribution in [2.45, 2.75) is 0 Å². The fourth-order valence-corrected chi connectivity index (χ4v) is 0.359. The van der Waals surface area contributed by atoms with Gasteiger partial charge in [-0.1, -0.05) is 0 Å². The van der Waals surface area contributed by atoms with Gasteiger partial charge in [-0.25, -0.2) is 10.6 Å². The maximum atomic E-state index is 9.83. The van der Waals surface area contributed by atoms with E-state index in [0.29, 0.717) is 0 Å². The highest BCUT2D eigenvalue weighted by Gasteiger charge is 2.09. The van der Waals surface area contributed by atoms with E-state index in [1.165, 1.54) is 5.43 Å². The van der Waals surface area contributed by atoms with Crippen LogP contribution in [0.5, 0.6) is 0 Å². The van der Waals surface area contributed by atoms with Gasteiger partial charge in [0.2, 0.25) is 0 Å². The van der Waals surface area contributed by atoms with Gasteiger partial charge < -0.3 is 4.18 Å². The first-order valence-corrected chi connectivity index (χ1v) is 2.99. The smallest absolute Gasteiger partial charge is 0.305 e. The molecule has 1 amide bonds. The highest BCUT2D eigenvalue weighted by molar-refractivity contribution is 7.81. The highest BCUT2D eigenvalue weighted by atomic mass is 32.3. The fraction of sp³-hybridized carbons (Fsp3) is 0. The molecule has 54 valence electrons. The van der Waals surface area contributed by atoms with Crippen LogP contribution in [-0.4, -0.2) is 19.1 Å². The summed E-state index contributed by atoms with van der Waals surface area (Å²) in [6, 6.07) is 0. The minimum Gasteiger partial charge on any atom is -0.305 e. The first-order chi connectivity index (χ1) is 3.95. The van der Waals surface area contributed by atoms with Gasteiger partial charge >= 0.3 is 16.5 Å². The zero-order valence-electron chi connectivity index (χ0n) is 4.07. The number of hydrazine groups is 1. The summed E-state index contributed by atoms with van der Waals surface area (Å²) >= 11 is 0. The van der Waals surface area contributed by atoms with Crippen molar-refractivity contribution in [3.63, 3.8) is 0 Å². The zero-order valence-corrected chi connectivity index (χ0v) is 4.88. The summed E-state index contributed by atoms with van der Waals surface area (Å²) in [5.41, 5.74) is 1.32. The Kier molecular flexibility index (Phi) is 2.37. The summed E-state index contributed by atoms with van der Waals surface area (Å²) in [6.45, 7) is 0. The molecule has 0 spiro atoms. The van der Waals surface area contributed by atoms with Crippen LogP contribution in [0.15, 0.2) is 0 Å². The van der Waals surface area contributed by atoms with Crippen LogP contribution in [0.25, 0.3) is 0 Å². The molecule has 0 rings (SSSR count). The second-order valence-electron chi connectivity index (χ2n) is 0.943. The number of rotatable bonds is 1. The molecule has 0 radical (unpaired) electrons. The number of nitrogens with one attached hydrogen (secondary N) is 1. The van der Waals surface area contributed by atoms with E-state index in [1.54, 1.807) is 0 Å². The molecule has 0 saturated carbocycles. The van der Waals surface area contributed by atoms with E-state index >= 15 is 0 Å². The van der Waals surface area contributed by atoms with Crippen LogP contribution >= 0.6 is 0 Å². The Hall–Kier alpha value is -0.860. The van der Waals surface area contributed by atoms with Crippen molar-refractivity contribution >= 4 is 16.5 Å². The Labute approximate surface area is 50.7 Å². The lowest BCUT2D eigenvalue weighted by atomic mass is 11.3. The number of nitrogens with two attached hydrogens (primary N) is 1. The van der Waals surface area contributed by atoms with Crippen molar-refractivity contribution in [1.29, 1.82) is 0 Å². The largest absolute Gasteiger partial charge is 0.450 e. The average molecular weight is 156 g/mol. The van der Waals surface area contributed by atoms with Crippen LogP contribution in [0.4, 0.5) is 4.79 Å². The summed E-state index contributed by atoms with van der Waals surface area (Å²) in [6.07, 6.45) is -1.45. The van der Waals surface area contributed by atoms with Crippen molar-refractivity contribution < 1.29 is 21.9 Å². The molecule has 7 nitrogen and oxygen atoms in total. The van der Waals surface area contributed by atoms with Gasteiger partial charge in [0.25, 0.3) is 0 Å². The Morgan fingerprint density at radius 3 is 2.22 bits per heavy atom. The number of hydrogen-bond donors (Lipinski definition) is 3. The topological polar surface area (TPSA) is 119 Å². The number of carbonyl (C=O) groups is 1. The van der Waals surface area contributed by atoms with Crippen LogP contribution < -0.4 is 11.3 Å². The zero-order chi connectivity index (χ0) is 7.49. The molecule has 0 atom stereocenters. The second kappa shape index (κ2) is 2.62. The van der Waals surface area contributed by atoms with Crippen LogP contribution in [0.2, 0.25) is 0 Å². The lowest BCUT2D eigenvalue weighted by molar-refractivity contribution is 0.196. The summed E-state index contributed by atoms with van der Waals surface area (Å²) in [7, 11) is -4.73. The van der Waals surface area contributed by atoms with Crippen LogP contribution in [0.3, 0.4) is 0 Å². The van der Waals surface area contributed by atoms with Crippen molar-refractivity contribution in [3.8, 4) is 0 Å². The van der Waals surface area contributed by atoms with E-state index in [-0.39, 0.29) is 0 Å². The minimum atomic E-state index is -4.73. The number of carbonyl (C=O) groups excluding carboxylic acids is 1. The summed E-state index contributed by atoms with van der Waals surface area (Å²) < 4.78 is 30.2. The van der Waals surface area contributed by atoms with Crippen molar-refractivity contribution in [2.75, 3.05) is 0 Å². The highest BCUT2D eigenvalue weighted by Crippen LogP contribution is 1.83. The number of amides is 1. The molecule has 0 saturated heterocycles.